The topological polar surface area (TPSA) is 156 Å². The molecule has 0 radical (unpaired) electrons. The van der Waals surface area contributed by atoms with Crippen LogP contribution in [0.2, 0.25) is 0 Å². The maximum absolute atomic E-state index is 13.3. The largest absolute Gasteiger partial charge is 0.480 e. The summed E-state index contributed by atoms with van der Waals surface area (Å²) < 4.78 is 29.0. The average Bonchev–Trinajstić information content (AvgIpc) is 2.82. The van der Waals surface area contributed by atoms with Crippen molar-refractivity contribution in [3.05, 3.63) is 88.0 Å². The SMILES string of the molecule is Cc1ccc([N+](=O)[O-])cc1S(=O)(=O)Nc1cc(-c2ccccc2)ccc1C(=O)N[C@H](C(=O)O)C(C)C. The Morgan fingerprint density at radius 2 is 1.64 bits per heavy atom. The van der Waals surface area contributed by atoms with Gasteiger partial charge in [0.25, 0.3) is 21.6 Å². The molecule has 36 heavy (non-hydrogen) atoms. The van der Waals surface area contributed by atoms with Gasteiger partial charge in [-0.3, -0.25) is 19.6 Å². The molecule has 0 heterocycles. The molecule has 3 N–H and O–H groups in total. The van der Waals surface area contributed by atoms with Crippen LogP contribution < -0.4 is 10.0 Å². The summed E-state index contributed by atoms with van der Waals surface area (Å²) in [5.41, 5.74) is 1.00. The van der Waals surface area contributed by atoms with Gasteiger partial charge in [0.05, 0.1) is 21.1 Å². The molecular weight excluding hydrogens is 486 g/mol. The minimum atomic E-state index is -4.37. The molecule has 1 atom stereocenters. The van der Waals surface area contributed by atoms with Crippen LogP contribution >= 0.6 is 0 Å². The zero-order chi connectivity index (χ0) is 26.6. The Hall–Kier alpha value is -4.25. The number of carboxylic acids is 1. The summed E-state index contributed by atoms with van der Waals surface area (Å²) in [4.78, 5) is 34.8. The monoisotopic (exact) mass is 511 g/mol. The minimum Gasteiger partial charge on any atom is -0.480 e. The molecule has 0 saturated carbocycles. The fourth-order valence-electron chi connectivity index (χ4n) is 3.56. The number of aryl methyl sites for hydroxylation is 1. The van der Waals surface area contributed by atoms with Crippen molar-refractivity contribution in [2.45, 2.75) is 31.7 Å². The first-order valence-corrected chi connectivity index (χ1v) is 12.4. The van der Waals surface area contributed by atoms with Gasteiger partial charge in [0, 0.05) is 12.1 Å². The molecular formula is C25H25N3O7S. The number of hydrogen-bond acceptors (Lipinski definition) is 6. The molecule has 0 fully saturated rings. The van der Waals surface area contributed by atoms with Gasteiger partial charge in [-0.05, 0) is 41.7 Å². The van der Waals surface area contributed by atoms with E-state index < -0.39 is 44.5 Å². The predicted molar refractivity (Wildman–Crippen MR) is 134 cm³/mol. The van der Waals surface area contributed by atoms with Gasteiger partial charge in [-0.1, -0.05) is 56.3 Å². The third-order valence-corrected chi connectivity index (χ3v) is 7.01. The standard InChI is InChI=1S/C25H25N3O7S/c1-15(2)23(25(30)31)26-24(29)20-12-10-18(17-7-5-4-6-8-17)13-21(20)27-36(34,35)22-14-19(28(32)33)11-9-16(22)3/h4-15,23,27H,1-3H3,(H,26,29)(H,30,31)/t23-/m0/s1. The van der Waals surface area contributed by atoms with Crippen molar-refractivity contribution in [2.75, 3.05) is 4.72 Å². The summed E-state index contributed by atoms with van der Waals surface area (Å²) in [6, 6.07) is 15.8. The number of carbonyl (C=O) groups is 2. The van der Waals surface area contributed by atoms with E-state index in [1.807, 2.05) is 6.07 Å². The van der Waals surface area contributed by atoms with Gasteiger partial charge in [-0.2, -0.15) is 0 Å². The van der Waals surface area contributed by atoms with E-state index in [4.69, 9.17) is 0 Å². The second-order valence-electron chi connectivity index (χ2n) is 8.47. The van der Waals surface area contributed by atoms with E-state index in [1.165, 1.54) is 31.2 Å². The van der Waals surface area contributed by atoms with Crippen LogP contribution in [-0.2, 0) is 14.8 Å². The Labute approximate surface area is 208 Å². The molecule has 11 heteroatoms. The molecule has 0 aromatic heterocycles. The van der Waals surface area contributed by atoms with Crippen LogP contribution in [0, 0.1) is 23.0 Å². The van der Waals surface area contributed by atoms with Crippen molar-refractivity contribution < 1.29 is 28.0 Å². The van der Waals surface area contributed by atoms with E-state index in [0.717, 1.165) is 11.6 Å². The van der Waals surface area contributed by atoms with Crippen LogP contribution in [0.15, 0.2) is 71.6 Å². The van der Waals surface area contributed by atoms with E-state index in [2.05, 4.69) is 10.0 Å². The molecule has 188 valence electrons. The fraction of sp³-hybridized carbons (Fsp3) is 0.200. The number of nitrogens with zero attached hydrogens (tertiary/aromatic N) is 1. The van der Waals surface area contributed by atoms with Crippen LogP contribution in [0.25, 0.3) is 11.1 Å². The van der Waals surface area contributed by atoms with Crippen LogP contribution in [0.4, 0.5) is 11.4 Å². The highest BCUT2D eigenvalue weighted by Crippen LogP contribution is 2.30. The molecule has 1 amide bonds. The summed E-state index contributed by atoms with van der Waals surface area (Å²) in [5, 5.41) is 23.1. The highest BCUT2D eigenvalue weighted by molar-refractivity contribution is 7.92. The maximum Gasteiger partial charge on any atom is 0.326 e. The van der Waals surface area contributed by atoms with Gasteiger partial charge in [-0.15, -0.1) is 0 Å². The van der Waals surface area contributed by atoms with Gasteiger partial charge in [0.15, 0.2) is 0 Å². The molecule has 0 spiro atoms. The summed E-state index contributed by atoms with van der Waals surface area (Å²) in [7, 11) is -4.37. The highest BCUT2D eigenvalue weighted by atomic mass is 32.2. The molecule has 0 bridgehead atoms. The Kier molecular flexibility index (Phi) is 7.74. The number of aliphatic carboxylic acids is 1. The lowest BCUT2D eigenvalue weighted by molar-refractivity contribution is -0.385. The lowest BCUT2D eigenvalue weighted by Crippen LogP contribution is -2.44. The van der Waals surface area contributed by atoms with Gasteiger partial charge in [0.2, 0.25) is 0 Å². The number of nitro benzene ring substituents is 1. The molecule has 0 aliphatic carbocycles. The number of non-ortho nitro benzene ring substituents is 1. The van der Waals surface area contributed by atoms with Crippen molar-refractivity contribution in [3.63, 3.8) is 0 Å². The summed E-state index contributed by atoms with van der Waals surface area (Å²) >= 11 is 0. The lowest BCUT2D eigenvalue weighted by Gasteiger charge is -2.20. The molecule has 0 saturated heterocycles. The number of benzene rings is 3. The zero-order valence-corrected chi connectivity index (χ0v) is 20.6. The normalized spacial score (nSPS) is 12.1. The Morgan fingerprint density at radius 3 is 2.22 bits per heavy atom. The Morgan fingerprint density at radius 1 is 0.972 bits per heavy atom. The number of nitrogens with one attached hydrogen (secondary N) is 2. The van der Waals surface area contributed by atoms with Crippen molar-refractivity contribution in [1.29, 1.82) is 0 Å². The first-order chi connectivity index (χ1) is 16.9. The number of carbonyl (C=O) groups excluding carboxylic acids is 1. The van der Waals surface area contributed by atoms with E-state index in [1.54, 1.807) is 44.2 Å². The first-order valence-electron chi connectivity index (χ1n) is 10.9. The van der Waals surface area contributed by atoms with E-state index in [0.29, 0.717) is 5.56 Å². The van der Waals surface area contributed by atoms with Crippen molar-refractivity contribution >= 4 is 33.3 Å². The van der Waals surface area contributed by atoms with Crippen molar-refractivity contribution in [2.24, 2.45) is 5.92 Å². The number of sulfonamides is 1. The lowest BCUT2D eigenvalue weighted by atomic mass is 10.0. The molecule has 3 aromatic rings. The zero-order valence-electron chi connectivity index (χ0n) is 19.8. The number of hydrogen-bond donors (Lipinski definition) is 3. The fourth-order valence-corrected chi connectivity index (χ4v) is 4.90. The van der Waals surface area contributed by atoms with Crippen LogP contribution in [0.5, 0.6) is 0 Å². The van der Waals surface area contributed by atoms with Crippen LogP contribution in [-0.4, -0.2) is 36.4 Å². The highest BCUT2D eigenvalue weighted by Gasteiger charge is 2.27. The molecule has 3 aromatic carbocycles. The number of nitro groups is 1. The summed E-state index contributed by atoms with van der Waals surface area (Å²) in [6.07, 6.45) is 0. The third kappa shape index (κ3) is 5.87. The smallest absolute Gasteiger partial charge is 0.326 e. The summed E-state index contributed by atoms with van der Waals surface area (Å²) in [6.45, 7) is 4.75. The second-order valence-corrected chi connectivity index (χ2v) is 10.1. The molecule has 0 unspecified atom stereocenters. The number of anilines is 1. The molecule has 3 rings (SSSR count). The third-order valence-electron chi connectivity index (χ3n) is 5.51. The quantitative estimate of drug-likeness (QED) is 0.287. The van der Waals surface area contributed by atoms with E-state index >= 15 is 0 Å². The van der Waals surface area contributed by atoms with Crippen molar-refractivity contribution in [3.8, 4) is 11.1 Å². The van der Waals surface area contributed by atoms with Crippen LogP contribution in [0.1, 0.15) is 29.8 Å². The minimum absolute atomic E-state index is 0.103. The molecule has 0 aliphatic rings. The van der Waals surface area contributed by atoms with Gasteiger partial charge in [-0.25, -0.2) is 13.2 Å². The number of amides is 1. The maximum atomic E-state index is 13.3. The van der Waals surface area contributed by atoms with E-state index in [9.17, 15) is 33.2 Å². The molecule has 10 nitrogen and oxygen atoms in total. The van der Waals surface area contributed by atoms with E-state index in [-0.39, 0.29) is 21.7 Å². The van der Waals surface area contributed by atoms with Gasteiger partial charge in [0.1, 0.15) is 6.04 Å². The second kappa shape index (κ2) is 10.6. The average molecular weight is 512 g/mol. The number of carboxylic acid groups (broad SMARTS) is 1. The van der Waals surface area contributed by atoms with Gasteiger partial charge < -0.3 is 10.4 Å². The molecule has 0 aliphatic heterocycles. The van der Waals surface area contributed by atoms with Crippen molar-refractivity contribution in [1.82, 2.24) is 5.32 Å². The Bertz CT molecular complexity index is 1420. The summed E-state index contributed by atoms with van der Waals surface area (Å²) in [5.74, 6) is -2.44. The predicted octanol–water partition coefficient (Wildman–Crippen LogP) is 4.21. The first kappa shape index (κ1) is 26.4. The van der Waals surface area contributed by atoms with Crippen LogP contribution in [0.3, 0.4) is 0 Å². The Balaban J connectivity index is 2.11. The number of rotatable bonds is 9. The van der Waals surface area contributed by atoms with Gasteiger partial charge >= 0.3 is 5.97 Å².